The molecule has 5 nitrogen and oxygen atoms in total. The van der Waals surface area contributed by atoms with Crippen LogP contribution in [0.1, 0.15) is 39.0 Å². The summed E-state index contributed by atoms with van der Waals surface area (Å²) in [6, 6.07) is 0. The first-order chi connectivity index (χ1) is 8.32. The van der Waals surface area contributed by atoms with Crippen molar-refractivity contribution in [2.75, 3.05) is 18.8 Å². The smallest absolute Gasteiger partial charge is 0.306 e. The molecule has 1 aliphatic carbocycles. The Hall–Kier alpha value is -0.620. The normalized spacial score (nSPS) is 24.9. The number of hydrogen-bond acceptors (Lipinski definition) is 3. The van der Waals surface area contributed by atoms with E-state index in [0.29, 0.717) is 25.9 Å². The van der Waals surface area contributed by atoms with Gasteiger partial charge in [0, 0.05) is 13.1 Å². The molecule has 0 amide bonds. The van der Waals surface area contributed by atoms with E-state index in [1.807, 2.05) is 0 Å². The lowest BCUT2D eigenvalue weighted by Gasteiger charge is -2.29. The van der Waals surface area contributed by atoms with Crippen LogP contribution in [-0.2, 0) is 14.8 Å². The highest BCUT2D eigenvalue weighted by molar-refractivity contribution is 7.89. The zero-order chi connectivity index (χ0) is 13.4. The van der Waals surface area contributed by atoms with Crippen LogP contribution in [0.5, 0.6) is 0 Å². The van der Waals surface area contributed by atoms with Crippen molar-refractivity contribution in [1.82, 2.24) is 4.31 Å². The second kappa shape index (κ2) is 4.81. The molecule has 104 valence electrons. The fourth-order valence-corrected chi connectivity index (χ4v) is 4.12. The van der Waals surface area contributed by atoms with Crippen molar-refractivity contribution < 1.29 is 18.3 Å². The standard InChI is InChI=1S/C12H21NO4S/c1-12(4-5-12)6-9-18(16,17)13-7-2-10(3-8-13)11(14)15/h10H,2-9H2,1H3,(H,14,15). The Morgan fingerprint density at radius 2 is 1.89 bits per heavy atom. The lowest BCUT2D eigenvalue weighted by Crippen LogP contribution is -2.41. The van der Waals surface area contributed by atoms with E-state index in [1.54, 1.807) is 0 Å². The van der Waals surface area contributed by atoms with Crippen molar-refractivity contribution in [3.8, 4) is 0 Å². The summed E-state index contributed by atoms with van der Waals surface area (Å²) in [6.07, 6.45) is 3.86. The van der Waals surface area contributed by atoms with Crippen molar-refractivity contribution in [2.24, 2.45) is 11.3 Å². The average molecular weight is 275 g/mol. The minimum Gasteiger partial charge on any atom is -0.481 e. The van der Waals surface area contributed by atoms with Crippen LogP contribution >= 0.6 is 0 Å². The first-order valence-corrected chi connectivity index (χ1v) is 8.14. The Labute approximate surface area is 108 Å². The maximum absolute atomic E-state index is 12.1. The molecule has 0 radical (unpaired) electrons. The molecular formula is C12H21NO4S. The number of sulfonamides is 1. The molecule has 18 heavy (non-hydrogen) atoms. The molecule has 0 aromatic carbocycles. The highest BCUT2D eigenvalue weighted by atomic mass is 32.2. The average Bonchev–Trinajstić information content (AvgIpc) is 3.06. The predicted octanol–water partition coefficient (Wildman–Crippen LogP) is 1.30. The van der Waals surface area contributed by atoms with Crippen molar-refractivity contribution in [2.45, 2.75) is 39.0 Å². The van der Waals surface area contributed by atoms with Gasteiger partial charge in [-0.25, -0.2) is 12.7 Å². The van der Waals surface area contributed by atoms with Crippen LogP contribution in [0.3, 0.4) is 0 Å². The molecule has 0 atom stereocenters. The maximum Gasteiger partial charge on any atom is 0.306 e. The zero-order valence-corrected chi connectivity index (χ0v) is 11.6. The molecule has 1 saturated carbocycles. The van der Waals surface area contributed by atoms with Crippen molar-refractivity contribution in [3.63, 3.8) is 0 Å². The molecule has 2 rings (SSSR count). The minimum atomic E-state index is -3.19. The van der Waals surface area contributed by atoms with E-state index in [9.17, 15) is 13.2 Å². The molecular weight excluding hydrogens is 254 g/mol. The molecule has 1 heterocycles. The second-order valence-electron chi connectivity index (χ2n) is 5.89. The van der Waals surface area contributed by atoms with Crippen LogP contribution in [-0.4, -0.2) is 42.6 Å². The van der Waals surface area contributed by atoms with Gasteiger partial charge in [-0.05, 0) is 37.5 Å². The number of rotatable bonds is 5. The first-order valence-electron chi connectivity index (χ1n) is 6.53. The van der Waals surface area contributed by atoms with Gasteiger partial charge >= 0.3 is 5.97 Å². The van der Waals surface area contributed by atoms with Gasteiger partial charge in [0.15, 0.2) is 0 Å². The number of carbonyl (C=O) groups is 1. The summed E-state index contributed by atoms with van der Waals surface area (Å²) in [4.78, 5) is 10.8. The first kappa shape index (κ1) is 13.8. The van der Waals surface area contributed by atoms with Crippen LogP contribution in [0.2, 0.25) is 0 Å². The van der Waals surface area contributed by atoms with Gasteiger partial charge in [-0.3, -0.25) is 4.79 Å². The number of piperidine rings is 1. The predicted molar refractivity (Wildman–Crippen MR) is 67.7 cm³/mol. The molecule has 6 heteroatoms. The molecule has 0 spiro atoms. The van der Waals surface area contributed by atoms with E-state index in [0.717, 1.165) is 19.3 Å². The molecule has 1 saturated heterocycles. The molecule has 0 unspecified atom stereocenters. The topological polar surface area (TPSA) is 74.7 Å². The van der Waals surface area contributed by atoms with Gasteiger partial charge in [0.2, 0.25) is 10.0 Å². The quantitative estimate of drug-likeness (QED) is 0.820. The summed E-state index contributed by atoms with van der Waals surface area (Å²) in [5, 5.41) is 8.88. The SMILES string of the molecule is CC1(CCS(=O)(=O)N2CCC(C(=O)O)CC2)CC1. The number of carboxylic acids is 1. The van der Waals surface area contributed by atoms with Crippen molar-refractivity contribution >= 4 is 16.0 Å². The number of hydrogen-bond donors (Lipinski definition) is 1. The highest BCUT2D eigenvalue weighted by Crippen LogP contribution is 2.48. The van der Waals surface area contributed by atoms with Crippen LogP contribution in [0, 0.1) is 11.3 Å². The van der Waals surface area contributed by atoms with E-state index in [4.69, 9.17) is 5.11 Å². The van der Waals surface area contributed by atoms with Gasteiger partial charge in [0.1, 0.15) is 0 Å². The van der Waals surface area contributed by atoms with E-state index in [-0.39, 0.29) is 17.1 Å². The van der Waals surface area contributed by atoms with Crippen molar-refractivity contribution in [1.29, 1.82) is 0 Å². The minimum absolute atomic E-state index is 0.210. The zero-order valence-electron chi connectivity index (χ0n) is 10.8. The third-order valence-corrected chi connectivity index (χ3v) is 6.14. The molecule has 0 aromatic rings. The Bertz CT molecular complexity index is 419. The van der Waals surface area contributed by atoms with Crippen molar-refractivity contribution in [3.05, 3.63) is 0 Å². The highest BCUT2D eigenvalue weighted by Gasteiger charge is 2.39. The summed E-state index contributed by atoms with van der Waals surface area (Å²) in [7, 11) is -3.19. The number of nitrogens with zero attached hydrogens (tertiary/aromatic N) is 1. The van der Waals surface area contributed by atoms with E-state index >= 15 is 0 Å². The van der Waals surface area contributed by atoms with E-state index in [1.165, 1.54) is 4.31 Å². The number of aliphatic carboxylic acids is 1. The van der Waals surface area contributed by atoms with Gasteiger partial charge in [-0.2, -0.15) is 0 Å². The van der Waals surface area contributed by atoms with Crippen LogP contribution in [0.25, 0.3) is 0 Å². The van der Waals surface area contributed by atoms with Gasteiger partial charge in [0.25, 0.3) is 0 Å². The molecule has 2 fully saturated rings. The molecule has 0 aromatic heterocycles. The fourth-order valence-electron chi connectivity index (χ4n) is 2.35. The third kappa shape index (κ3) is 3.23. The Kier molecular flexibility index (Phi) is 3.69. The summed E-state index contributed by atoms with van der Waals surface area (Å²) in [6.45, 7) is 2.84. The van der Waals surface area contributed by atoms with Gasteiger partial charge in [-0.15, -0.1) is 0 Å². The molecule has 2 aliphatic rings. The lowest BCUT2D eigenvalue weighted by molar-refractivity contribution is -0.142. The van der Waals surface area contributed by atoms with Crippen LogP contribution in [0.4, 0.5) is 0 Å². The van der Waals surface area contributed by atoms with Gasteiger partial charge in [0.05, 0.1) is 11.7 Å². The fraction of sp³-hybridized carbons (Fsp3) is 0.917. The number of carboxylic acid groups (broad SMARTS) is 1. The molecule has 1 N–H and O–H groups in total. The Morgan fingerprint density at radius 3 is 2.33 bits per heavy atom. The Balaban J connectivity index is 1.85. The van der Waals surface area contributed by atoms with E-state index < -0.39 is 16.0 Å². The van der Waals surface area contributed by atoms with Gasteiger partial charge in [-0.1, -0.05) is 6.92 Å². The third-order valence-electron chi connectivity index (χ3n) is 4.26. The molecule has 0 bridgehead atoms. The second-order valence-corrected chi connectivity index (χ2v) is 7.98. The molecule has 1 aliphatic heterocycles. The van der Waals surface area contributed by atoms with E-state index in [2.05, 4.69) is 6.92 Å². The Morgan fingerprint density at radius 1 is 1.33 bits per heavy atom. The van der Waals surface area contributed by atoms with Gasteiger partial charge < -0.3 is 5.11 Å². The lowest BCUT2D eigenvalue weighted by atomic mass is 9.99. The summed E-state index contributed by atoms with van der Waals surface area (Å²) in [5.41, 5.74) is 0.243. The summed E-state index contributed by atoms with van der Waals surface area (Å²) in [5.74, 6) is -0.976. The maximum atomic E-state index is 12.1. The largest absolute Gasteiger partial charge is 0.481 e. The van der Waals surface area contributed by atoms with Crippen LogP contribution in [0.15, 0.2) is 0 Å². The summed E-state index contributed by atoms with van der Waals surface area (Å²) < 4.78 is 25.7. The van der Waals surface area contributed by atoms with Crippen LogP contribution < -0.4 is 0 Å². The summed E-state index contributed by atoms with van der Waals surface area (Å²) >= 11 is 0. The monoisotopic (exact) mass is 275 g/mol.